The van der Waals surface area contributed by atoms with Crippen LogP contribution in [0.1, 0.15) is 331 Å². The minimum absolute atomic E-state index is 0.0985. The number of carbonyl (C=O) groups is 4. The van der Waals surface area contributed by atoms with Crippen molar-refractivity contribution >= 4 is 39.5 Å². The number of hydrogen-bond donors (Lipinski definition) is 3. The number of phosphoric acid groups is 2. The van der Waals surface area contributed by atoms with Gasteiger partial charge >= 0.3 is 39.5 Å². The second-order valence-corrected chi connectivity index (χ2v) is 29.3. The number of hydrogen-bond acceptors (Lipinski definition) is 15. The molecule has 0 aliphatic rings. The standard InChI is InChI=1S/C71H134O17P2/c1-8-9-10-11-12-13-14-15-16-17-18-24-31-38-45-52-68(73)81-58-66(87-70(75)54-47-40-32-25-20-19-22-28-35-42-49-62(2)3)60-85-89(77,78)83-56-65(72)57-84-90(79,80)86-61-67(59-82-69(74)53-46-39-34-27-30-37-44-51-64(6)7)88-71(76)55-48-41-33-26-21-23-29-36-43-50-63(4)5/h13-16,62-67,72H,8-12,17-61H2,1-7H3,(H,77,78)(H,79,80)/b14-13-,16-15-/t65?,66-,67-/m1/s1. The highest BCUT2D eigenvalue weighted by molar-refractivity contribution is 7.47. The van der Waals surface area contributed by atoms with Crippen molar-refractivity contribution in [2.24, 2.45) is 17.8 Å². The fourth-order valence-electron chi connectivity index (χ4n) is 10.2. The maximum atomic E-state index is 13.0. The van der Waals surface area contributed by atoms with E-state index in [-0.39, 0.29) is 25.7 Å². The van der Waals surface area contributed by atoms with Crippen LogP contribution < -0.4 is 0 Å². The number of esters is 4. The van der Waals surface area contributed by atoms with Crippen LogP contribution in [0.15, 0.2) is 24.3 Å². The second-order valence-electron chi connectivity index (χ2n) is 26.4. The highest BCUT2D eigenvalue weighted by Crippen LogP contribution is 2.45. The zero-order chi connectivity index (χ0) is 66.6. The Morgan fingerprint density at radius 1 is 0.344 bits per heavy atom. The SMILES string of the molecule is CCCCCC/C=C\C=C/CCCCCCCC(=O)OC[C@H](COP(=O)(O)OCC(O)COP(=O)(O)OC[C@@H](COC(=O)CCCCCCCCCC(C)C)OC(=O)CCCCCCCCCCCC(C)C)OC(=O)CCCCCCCCCCCCC(C)C. The van der Waals surface area contributed by atoms with Crippen molar-refractivity contribution in [3.05, 3.63) is 24.3 Å². The summed E-state index contributed by atoms with van der Waals surface area (Å²) in [5.74, 6) is 0.0302. The lowest BCUT2D eigenvalue weighted by Crippen LogP contribution is -2.30. The predicted molar refractivity (Wildman–Crippen MR) is 363 cm³/mol. The minimum Gasteiger partial charge on any atom is -0.462 e. The summed E-state index contributed by atoms with van der Waals surface area (Å²) in [5, 5.41) is 10.6. The van der Waals surface area contributed by atoms with E-state index in [1.54, 1.807) is 0 Å². The van der Waals surface area contributed by atoms with Gasteiger partial charge in [0.05, 0.1) is 26.4 Å². The van der Waals surface area contributed by atoms with Gasteiger partial charge in [0.15, 0.2) is 12.2 Å². The molecule has 0 amide bonds. The first-order valence-electron chi connectivity index (χ1n) is 36.2. The van der Waals surface area contributed by atoms with E-state index in [9.17, 15) is 43.2 Å². The predicted octanol–water partition coefficient (Wildman–Crippen LogP) is 19.8. The van der Waals surface area contributed by atoms with Crippen LogP contribution >= 0.6 is 15.6 Å². The molecule has 0 aliphatic heterocycles. The molecule has 0 bridgehead atoms. The Labute approximate surface area is 548 Å². The molecule has 0 radical (unpaired) electrons. The summed E-state index contributed by atoms with van der Waals surface area (Å²) in [6.45, 7) is 11.7. The number of aliphatic hydroxyl groups is 1. The number of carbonyl (C=O) groups excluding carboxylic acids is 4. The number of aliphatic hydroxyl groups excluding tert-OH is 1. The number of phosphoric ester groups is 2. The van der Waals surface area contributed by atoms with Gasteiger partial charge in [0.1, 0.15) is 19.3 Å². The average molecular weight is 1320 g/mol. The Balaban J connectivity index is 5.29. The molecule has 530 valence electrons. The molecule has 90 heavy (non-hydrogen) atoms. The molecule has 0 saturated carbocycles. The van der Waals surface area contributed by atoms with E-state index in [2.05, 4.69) is 72.8 Å². The highest BCUT2D eigenvalue weighted by Gasteiger charge is 2.30. The van der Waals surface area contributed by atoms with Gasteiger partial charge in [0, 0.05) is 25.7 Å². The number of allylic oxidation sites excluding steroid dienone is 4. The van der Waals surface area contributed by atoms with E-state index < -0.39 is 97.5 Å². The van der Waals surface area contributed by atoms with Crippen molar-refractivity contribution in [3.8, 4) is 0 Å². The molecule has 0 spiro atoms. The summed E-state index contributed by atoms with van der Waals surface area (Å²) in [5.41, 5.74) is 0. The first-order valence-corrected chi connectivity index (χ1v) is 39.2. The van der Waals surface area contributed by atoms with Gasteiger partial charge in [-0.1, -0.05) is 278 Å². The van der Waals surface area contributed by atoms with E-state index in [1.165, 1.54) is 116 Å². The molecular formula is C71H134O17P2. The lowest BCUT2D eigenvalue weighted by molar-refractivity contribution is -0.161. The number of unbranched alkanes of at least 4 members (excludes halogenated alkanes) is 32. The van der Waals surface area contributed by atoms with E-state index in [0.717, 1.165) is 127 Å². The van der Waals surface area contributed by atoms with E-state index in [1.807, 2.05) is 0 Å². The van der Waals surface area contributed by atoms with Crippen LogP contribution in [-0.2, 0) is 65.4 Å². The van der Waals surface area contributed by atoms with Crippen molar-refractivity contribution in [2.45, 2.75) is 349 Å². The van der Waals surface area contributed by atoms with Crippen molar-refractivity contribution in [3.63, 3.8) is 0 Å². The van der Waals surface area contributed by atoms with Crippen LogP contribution in [0.25, 0.3) is 0 Å². The summed E-state index contributed by atoms with van der Waals surface area (Å²) in [4.78, 5) is 72.5. The summed E-state index contributed by atoms with van der Waals surface area (Å²) in [6, 6.07) is 0. The molecule has 0 aromatic rings. The first-order chi connectivity index (χ1) is 43.2. The second kappa shape index (κ2) is 61.4. The molecule has 3 unspecified atom stereocenters. The zero-order valence-corrected chi connectivity index (χ0v) is 59.9. The van der Waals surface area contributed by atoms with Gasteiger partial charge in [-0.3, -0.25) is 37.3 Å². The lowest BCUT2D eigenvalue weighted by atomic mass is 10.0. The quantitative estimate of drug-likeness (QED) is 0.0169. The number of rotatable bonds is 67. The van der Waals surface area contributed by atoms with Gasteiger partial charge in [0.25, 0.3) is 0 Å². The average Bonchev–Trinajstić information content (AvgIpc) is 3.52. The highest BCUT2D eigenvalue weighted by atomic mass is 31.2. The molecule has 0 heterocycles. The van der Waals surface area contributed by atoms with Gasteiger partial charge in [-0.05, 0) is 69.1 Å². The Hall–Kier alpha value is -2.46. The summed E-state index contributed by atoms with van der Waals surface area (Å²) in [7, 11) is -9.91. The van der Waals surface area contributed by atoms with E-state index in [4.69, 9.17) is 37.0 Å². The van der Waals surface area contributed by atoms with Gasteiger partial charge in [0.2, 0.25) is 0 Å². The summed E-state index contributed by atoms with van der Waals surface area (Å²) < 4.78 is 68.3. The molecule has 0 aliphatic carbocycles. The Kier molecular flexibility index (Phi) is 59.7. The van der Waals surface area contributed by atoms with Crippen molar-refractivity contribution in [1.29, 1.82) is 0 Å². The summed E-state index contributed by atoms with van der Waals surface area (Å²) >= 11 is 0. The molecule has 0 saturated heterocycles. The van der Waals surface area contributed by atoms with Crippen molar-refractivity contribution < 1.29 is 80.2 Å². The lowest BCUT2D eigenvalue weighted by Gasteiger charge is -2.21. The molecule has 5 atom stereocenters. The topological polar surface area (TPSA) is 237 Å². The third-order valence-electron chi connectivity index (χ3n) is 15.8. The Morgan fingerprint density at radius 2 is 0.600 bits per heavy atom. The molecule has 0 rings (SSSR count). The molecular weight excluding hydrogens is 1190 g/mol. The molecule has 3 N–H and O–H groups in total. The molecule has 17 nitrogen and oxygen atoms in total. The van der Waals surface area contributed by atoms with Gasteiger partial charge in [-0.15, -0.1) is 0 Å². The fraction of sp³-hybridized carbons (Fsp3) is 0.887. The first kappa shape index (κ1) is 87.5. The van der Waals surface area contributed by atoms with Gasteiger partial charge in [-0.2, -0.15) is 0 Å². The Morgan fingerprint density at radius 3 is 0.900 bits per heavy atom. The van der Waals surface area contributed by atoms with Gasteiger partial charge < -0.3 is 33.8 Å². The van der Waals surface area contributed by atoms with Crippen LogP contribution in [0.2, 0.25) is 0 Å². The molecule has 0 aromatic heterocycles. The molecule has 0 fully saturated rings. The maximum absolute atomic E-state index is 13.0. The van der Waals surface area contributed by atoms with Crippen LogP contribution in [0.5, 0.6) is 0 Å². The largest absolute Gasteiger partial charge is 0.472 e. The van der Waals surface area contributed by atoms with Crippen LogP contribution in [0.4, 0.5) is 0 Å². The minimum atomic E-state index is -4.96. The summed E-state index contributed by atoms with van der Waals surface area (Å²) in [6.07, 6.45) is 48.1. The molecule has 0 aromatic carbocycles. The van der Waals surface area contributed by atoms with Crippen LogP contribution in [-0.4, -0.2) is 96.7 Å². The normalized spacial score (nSPS) is 14.4. The maximum Gasteiger partial charge on any atom is 0.472 e. The number of ether oxygens (including phenoxy) is 4. The van der Waals surface area contributed by atoms with Crippen LogP contribution in [0, 0.1) is 17.8 Å². The monoisotopic (exact) mass is 1320 g/mol. The van der Waals surface area contributed by atoms with Gasteiger partial charge in [-0.25, -0.2) is 9.13 Å². The smallest absolute Gasteiger partial charge is 0.462 e. The van der Waals surface area contributed by atoms with E-state index >= 15 is 0 Å². The fourth-order valence-corrected chi connectivity index (χ4v) is 11.8. The third kappa shape index (κ3) is 64.3. The Bertz CT molecular complexity index is 1860. The van der Waals surface area contributed by atoms with Crippen molar-refractivity contribution in [2.75, 3.05) is 39.6 Å². The zero-order valence-electron chi connectivity index (χ0n) is 58.1. The van der Waals surface area contributed by atoms with E-state index in [0.29, 0.717) is 31.6 Å². The van der Waals surface area contributed by atoms with Crippen molar-refractivity contribution in [1.82, 2.24) is 0 Å². The third-order valence-corrected chi connectivity index (χ3v) is 17.7. The molecule has 19 heteroatoms. The van der Waals surface area contributed by atoms with Crippen LogP contribution in [0.3, 0.4) is 0 Å².